The van der Waals surface area contributed by atoms with Crippen molar-refractivity contribution < 1.29 is 22.7 Å². The van der Waals surface area contributed by atoms with Crippen LogP contribution in [0.1, 0.15) is 19.8 Å². The van der Waals surface area contributed by atoms with Crippen LogP contribution in [0.2, 0.25) is 0 Å². The SMILES string of the molecule is CCI1N=C(NC(=O)C2CC2)C2=C(Nc3c(cccc3S(C)(=O)=O)O2)C1C(=O)NC. The number of nitrogens with zero attached hydrogens (tertiary/aromatic N) is 1. The van der Waals surface area contributed by atoms with E-state index < -0.39 is 33.9 Å². The van der Waals surface area contributed by atoms with E-state index in [0.717, 1.165) is 19.1 Å². The molecule has 0 saturated heterocycles. The molecule has 2 amide bonds. The maximum atomic E-state index is 12.8. The molecule has 4 rings (SSSR count). The fraction of sp³-hybridized carbons (Fsp3) is 0.421. The number of hydrogen-bond acceptors (Lipinski definition) is 7. The Hall–Kier alpha value is -2.15. The van der Waals surface area contributed by atoms with Crippen molar-refractivity contribution in [3.63, 3.8) is 0 Å². The molecule has 0 radical (unpaired) electrons. The molecule has 1 atom stereocenters. The fourth-order valence-electron chi connectivity index (χ4n) is 3.29. The first-order valence-electron chi connectivity index (χ1n) is 9.52. The quantitative estimate of drug-likeness (QED) is 0.389. The third-order valence-electron chi connectivity index (χ3n) is 4.96. The van der Waals surface area contributed by atoms with E-state index in [2.05, 4.69) is 16.0 Å². The Labute approximate surface area is 182 Å². The molecule has 11 heteroatoms. The first kappa shape index (κ1) is 21.1. The number of anilines is 1. The Balaban J connectivity index is 1.82. The van der Waals surface area contributed by atoms with Gasteiger partial charge >= 0.3 is 183 Å². The zero-order valence-electron chi connectivity index (χ0n) is 16.8. The summed E-state index contributed by atoms with van der Waals surface area (Å²) in [6.07, 6.45) is 2.82. The molecule has 9 nitrogen and oxygen atoms in total. The van der Waals surface area contributed by atoms with Gasteiger partial charge in [0.15, 0.2) is 0 Å². The molecule has 30 heavy (non-hydrogen) atoms. The predicted octanol–water partition coefficient (Wildman–Crippen LogP) is 1.60. The van der Waals surface area contributed by atoms with Gasteiger partial charge in [-0.2, -0.15) is 0 Å². The summed E-state index contributed by atoms with van der Waals surface area (Å²) in [4.78, 5) is 25.3. The van der Waals surface area contributed by atoms with Gasteiger partial charge in [-0.3, -0.25) is 0 Å². The Morgan fingerprint density at radius 3 is 2.63 bits per heavy atom. The number of hydrogen-bond donors (Lipinski definition) is 3. The van der Waals surface area contributed by atoms with Gasteiger partial charge in [0.25, 0.3) is 0 Å². The second kappa shape index (κ2) is 7.84. The van der Waals surface area contributed by atoms with Crippen molar-refractivity contribution in [1.29, 1.82) is 0 Å². The van der Waals surface area contributed by atoms with E-state index in [1.54, 1.807) is 19.2 Å². The first-order chi connectivity index (χ1) is 14.2. The number of carbonyl (C=O) groups excluding carboxylic acids is 2. The molecule has 0 spiro atoms. The van der Waals surface area contributed by atoms with Crippen molar-refractivity contribution in [2.45, 2.75) is 28.6 Å². The van der Waals surface area contributed by atoms with Gasteiger partial charge in [0, 0.05) is 0 Å². The third kappa shape index (κ3) is 3.80. The minimum absolute atomic E-state index is 0.0158. The van der Waals surface area contributed by atoms with Crippen molar-refractivity contribution in [1.82, 2.24) is 10.6 Å². The summed E-state index contributed by atoms with van der Waals surface area (Å²) in [6.45, 7) is 1.97. The Bertz CT molecular complexity index is 1090. The number of rotatable bonds is 4. The van der Waals surface area contributed by atoms with Crippen molar-refractivity contribution in [2.75, 3.05) is 23.0 Å². The van der Waals surface area contributed by atoms with Crippen LogP contribution >= 0.6 is 20.1 Å². The molecule has 3 aliphatic rings. The predicted molar refractivity (Wildman–Crippen MR) is 122 cm³/mol. The molecule has 1 aliphatic carbocycles. The number of amides is 2. The van der Waals surface area contributed by atoms with Crippen molar-refractivity contribution in [3.05, 3.63) is 29.7 Å². The molecule has 2 aliphatic heterocycles. The monoisotopic (exact) mass is 546 g/mol. The third-order valence-corrected chi connectivity index (χ3v) is 11.4. The van der Waals surface area contributed by atoms with E-state index in [4.69, 9.17) is 7.94 Å². The van der Waals surface area contributed by atoms with Crippen molar-refractivity contribution in [3.8, 4) is 5.75 Å². The molecule has 3 N–H and O–H groups in total. The number of amidine groups is 1. The second-order valence-corrected chi connectivity index (χ2v) is 14.5. The molecule has 1 aromatic carbocycles. The maximum absolute atomic E-state index is 12.8. The second-order valence-electron chi connectivity index (χ2n) is 7.18. The summed E-state index contributed by atoms with van der Waals surface area (Å²) < 4.78 is 35.5. The van der Waals surface area contributed by atoms with E-state index in [1.165, 1.54) is 6.07 Å². The van der Waals surface area contributed by atoms with Gasteiger partial charge in [-0.15, -0.1) is 0 Å². The van der Waals surface area contributed by atoms with Gasteiger partial charge in [0.1, 0.15) is 0 Å². The molecule has 0 aromatic heterocycles. The van der Waals surface area contributed by atoms with Crippen LogP contribution in [0.4, 0.5) is 5.69 Å². The summed E-state index contributed by atoms with van der Waals surface area (Å²) in [5.41, 5.74) is 0.764. The Morgan fingerprint density at radius 2 is 2.03 bits per heavy atom. The van der Waals surface area contributed by atoms with E-state index in [0.29, 0.717) is 27.4 Å². The van der Waals surface area contributed by atoms with Crippen LogP contribution in [-0.2, 0) is 19.4 Å². The number of ether oxygens (including phenoxy) is 1. The van der Waals surface area contributed by atoms with Gasteiger partial charge in [0.2, 0.25) is 0 Å². The van der Waals surface area contributed by atoms with Crippen LogP contribution in [0.15, 0.2) is 37.8 Å². The number of alkyl halides is 2. The first-order valence-corrected chi connectivity index (χ1v) is 15.2. The molecule has 162 valence electrons. The number of benzene rings is 1. The van der Waals surface area contributed by atoms with Crippen LogP contribution in [-0.4, -0.2) is 47.7 Å². The summed E-state index contributed by atoms with van der Waals surface area (Å²) in [7, 11) is -1.98. The van der Waals surface area contributed by atoms with E-state index in [1.807, 2.05) is 6.92 Å². The van der Waals surface area contributed by atoms with Crippen molar-refractivity contribution >= 4 is 53.3 Å². The molecule has 1 fully saturated rings. The van der Waals surface area contributed by atoms with Crippen LogP contribution in [0.25, 0.3) is 0 Å². The molecule has 2 heterocycles. The van der Waals surface area contributed by atoms with Gasteiger partial charge in [-0.05, 0) is 0 Å². The van der Waals surface area contributed by atoms with E-state index in [9.17, 15) is 18.0 Å². The van der Waals surface area contributed by atoms with E-state index >= 15 is 0 Å². The summed E-state index contributed by atoms with van der Waals surface area (Å²) in [5.74, 6) is 0.583. The van der Waals surface area contributed by atoms with Crippen LogP contribution in [0, 0.1) is 5.92 Å². The van der Waals surface area contributed by atoms with Gasteiger partial charge in [-0.1, -0.05) is 0 Å². The topological polar surface area (TPSA) is 126 Å². The zero-order chi connectivity index (χ0) is 21.6. The van der Waals surface area contributed by atoms with Gasteiger partial charge in [-0.25, -0.2) is 0 Å². The average Bonchev–Trinajstić information content (AvgIpc) is 3.55. The number of carbonyl (C=O) groups is 2. The normalized spacial score (nSPS) is 21.5. The number of nitrogens with one attached hydrogen (secondary N) is 3. The number of sulfone groups is 1. The molecule has 1 unspecified atom stereocenters. The van der Waals surface area contributed by atoms with E-state index in [-0.39, 0.29) is 28.4 Å². The molecule has 1 aromatic rings. The molecular weight excluding hydrogens is 523 g/mol. The average molecular weight is 546 g/mol. The number of fused-ring (bicyclic) bond motifs is 1. The Kier molecular flexibility index (Phi) is 5.51. The van der Waals surface area contributed by atoms with Crippen LogP contribution in [0.5, 0.6) is 5.75 Å². The van der Waals surface area contributed by atoms with Gasteiger partial charge in [0.05, 0.1) is 0 Å². The summed E-state index contributed by atoms with van der Waals surface area (Å²) >= 11 is -2.29. The summed E-state index contributed by atoms with van der Waals surface area (Å²) in [5, 5.41) is 8.73. The molecule has 0 bridgehead atoms. The van der Waals surface area contributed by atoms with Crippen LogP contribution < -0.4 is 20.7 Å². The molecular formula is C19H23IN4O5S. The zero-order valence-corrected chi connectivity index (χ0v) is 19.8. The minimum atomic E-state index is -3.53. The molecule has 1 saturated carbocycles. The van der Waals surface area contributed by atoms with Gasteiger partial charge < -0.3 is 0 Å². The number of halogens is 1. The Morgan fingerprint density at radius 1 is 1.30 bits per heavy atom. The fourth-order valence-corrected chi connectivity index (χ4v) is 8.72. The summed E-state index contributed by atoms with van der Waals surface area (Å²) in [6, 6.07) is 4.72. The standard InChI is InChI=1S/C19H23IN4O5S/c1-4-20-13(19(26)21-2)15-16(17(24-20)23-18(25)10-8-9-10)29-11-6-5-7-12(14(11)22-15)30(3,27)28/h5-7,10,13,22H,4,8-9H2,1-3H3,(H,21,26)(H,23,24,25). The van der Waals surface area contributed by atoms with Crippen molar-refractivity contribution in [2.24, 2.45) is 9.12 Å². The van der Waals surface area contributed by atoms with Crippen LogP contribution in [0.3, 0.4) is 0 Å². The number of para-hydroxylation sites is 1.